The van der Waals surface area contributed by atoms with E-state index in [0.717, 1.165) is 29.1 Å². The molecule has 2 rings (SSSR count). The quantitative estimate of drug-likeness (QED) is 0.630. The molecule has 96 valence electrons. The number of hydrogen-bond donors (Lipinski definition) is 0. The van der Waals surface area contributed by atoms with Crippen LogP contribution in [0.1, 0.15) is 18.9 Å². The maximum Gasteiger partial charge on any atom is 0.325 e. The number of benzene rings is 1. The highest BCUT2D eigenvalue weighted by atomic mass is 35.5. The van der Waals surface area contributed by atoms with E-state index < -0.39 is 0 Å². The van der Waals surface area contributed by atoms with Crippen LogP contribution in [0.5, 0.6) is 0 Å². The Morgan fingerprint density at radius 3 is 3.00 bits per heavy atom. The average Bonchev–Trinajstić information content (AvgIpc) is 2.33. The minimum absolute atomic E-state index is 0.168. The van der Waals surface area contributed by atoms with E-state index in [9.17, 15) is 4.79 Å². The van der Waals surface area contributed by atoms with Gasteiger partial charge in [0.05, 0.1) is 11.6 Å². The summed E-state index contributed by atoms with van der Waals surface area (Å²) in [5, 5.41) is 0.706. The Morgan fingerprint density at radius 2 is 2.28 bits per heavy atom. The third-order valence-electron chi connectivity index (χ3n) is 2.83. The number of esters is 1. The van der Waals surface area contributed by atoms with Gasteiger partial charge >= 0.3 is 5.97 Å². The molecule has 1 aliphatic rings. The SMILES string of the molecule is CCOC(=O)CN1C(=S)CCc2cc(Cl)ccc21. The van der Waals surface area contributed by atoms with Gasteiger partial charge in [-0.05, 0) is 37.1 Å². The highest BCUT2D eigenvalue weighted by molar-refractivity contribution is 7.80. The van der Waals surface area contributed by atoms with E-state index in [0.29, 0.717) is 11.6 Å². The molecule has 3 nitrogen and oxygen atoms in total. The van der Waals surface area contributed by atoms with E-state index in [-0.39, 0.29) is 12.5 Å². The van der Waals surface area contributed by atoms with E-state index >= 15 is 0 Å². The lowest BCUT2D eigenvalue weighted by molar-refractivity contribution is -0.141. The lowest BCUT2D eigenvalue weighted by Crippen LogP contribution is -2.38. The van der Waals surface area contributed by atoms with E-state index in [1.807, 2.05) is 23.1 Å². The lowest BCUT2D eigenvalue weighted by atomic mass is 10.0. The van der Waals surface area contributed by atoms with Crippen LogP contribution in [0.2, 0.25) is 5.02 Å². The van der Waals surface area contributed by atoms with Gasteiger partial charge in [0, 0.05) is 17.1 Å². The molecular weight excluding hydrogens is 270 g/mol. The maximum absolute atomic E-state index is 11.6. The molecule has 0 bridgehead atoms. The van der Waals surface area contributed by atoms with Gasteiger partial charge < -0.3 is 9.64 Å². The van der Waals surface area contributed by atoms with Crippen molar-refractivity contribution in [2.24, 2.45) is 0 Å². The first-order chi connectivity index (χ1) is 8.61. The fourth-order valence-electron chi connectivity index (χ4n) is 2.04. The first kappa shape index (κ1) is 13.3. The number of aryl methyl sites for hydroxylation is 1. The number of hydrogen-bond acceptors (Lipinski definition) is 3. The number of fused-ring (bicyclic) bond motifs is 1. The van der Waals surface area contributed by atoms with Gasteiger partial charge in [0.15, 0.2) is 0 Å². The van der Waals surface area contributed by atoms with Gasteiger partial charge in [-0.15, -0.1) is 0 Å². The molecule has 1 heterocycles. The first-order valence-corrected chi connectivity index (χ1v) is 6.65. The molecule has 0 saturated heterocycles. The number of thiocarbonyl (C=S) groups is 1. The van der Waals surface area contributed by atoms with E-state index in [4.69, 9.17) is 28.6 Å². The minimum Gasteiger partial charge on any atom is -0.465 e. The number of halogens is 1. The van der Waals surface area contributed by atoms with Crippen molar-refractivity contribution in [3.05, 3.63) is 28.8 Å². The molecule has 0 amide bonds. The highest BCUT2D eigenvalue weighted by Gasteiger charge is 2.23. The van der Waals surface area contributed by atoms with Crippen molar-refractivity contribution in [3.63, 3.8) is 0 Å². The number of nitrogens with zero attached hydrogens (tertiary/aromatic N) is 1. The predicted molar refractivity (Wildman–Crippen MR) is 76.4 cm³/mol. The maximum atomic E-state index is 11.6. The molecule has 1 aliphatic heterocycles. The van der Waals surface area contributed by atoms with Gasteiger partial charge in [-0.2, -0.15) is 0 Å². The normalized spacial score (nSPS) is 14.3. The molecular formula is C13H14ClNO2S. The van der Waals surface area contributed by atoms with Crippen molar-refractivity contribution >= 4 is 40.5 Å². The zero-order valence-electron chi connectivity index (χ0n) is 10.1. The molecule has 1 aromatic rings. The first-order valence-electron chi connectivity index (χ1n) is 5.86. The second-order valence-corrected chi connectivity index (χ2v) is 4.97. The third-order valence-corrected chi connectivity index (χ3v) is 3.49. The number of anilines is 1. The molecule has 0 atom stereocenters. The highest BCUT2D eigenvalue weighted by Crippen LogP contribution is 2.30. The standard InChI is InChI=1S/C13H14ClNO2S/c1-2-17-13(16)8-15-11-5-4-10(14)7-9(11)3-6-12(15)18/h4-5,7H,2-3,6,8H2,1H3. The van der Waals surface area contributed by atoms with Crippen LogP contribution < -0.4 is 4.90 Å². The second kappa shape index (κ2) is 5.67. The van der Waals surface area contributed by atoms with E-state index in [1.165, 1.54) is 0 Å². The lowest BCUT2D eigenvalue weighted by Gasteiger charge is -2.31. The Balaban J connectivity index is 2.25. The fourth-order valence-corrected chi connectivity index (χ4v) is 2.50. The molecule has 0 saturated carbocycles. The smallest absolute Gasteiger partial charge is 0.325 e. The summed E-state index contributed by atoms with van der Waals surface area (Å²) >= 11 is 11.3. The van der Waals surface area contributed by atoms with Crippen molar-refractivity contribution in [2.75, 3.05) is 18.1 Å². The van der Waals surface area contributed by atoms with Crippen LogP contribution in [0.4, 0.5) is 5.69 Å². The molecule has 0 aliphatic carbocycles. The Kier molecular flexibility index (Phi) is 4.19. The molecule has 5 heteroatoms. The molecule has 0 fully saturated rings. The van der Waals surface area contributed by atoms with Crippen LogP contribution in [0.3, 0.4) is 0 Å². The van der Waals surface area contributed by atoms with Crippen LogP contribution in [-0.4, -0.2) is 24.1 Å². The molecule has 0 spiro atoms. The van der Waals surface area contributed by atoms with Crippen molar-refractivity contribution in [3.8, 4) is 0 Å². The molecule has 1 aromatic carbocycles. The van der Waals surface area contributed by atoms with Crippen molar-refractivity contribution in [1.82, 2.24) is 0 Å². The van der Waals surface area contributed by atoms with Gasteiger partial charge in [-0.25, -0.2) is 0 Å². The summed E-state index contributed by atoms with van der Waals surface area (Å²) in [6.07, 6.45) is 1.64. The third kappa shape index (κ3) is 2.82. The largest absolute Gasteiger partial charge is 0.465 e. The Morgan fingerprint density at radius 1 is 1.50 bits per heavy atom. The molecule has 0 N–H and O–H groups in total. The van der Waals surface area contributed by atoms with Gasteiger partial charge in [0.25, 0.3) is 0 Å². The van der Waals surface area contributed by atoms with Gasteiger partial charge in [0.1, 0.15) is 6.54 Å². The summed E-state index contributed by atoms with van der Waals surface area (Å²) in [5.41, 5.74) is 2.09. The Labute approximate surface area is 117 Å². The zero-order chi connectivity index (χ0) is 13.1. The van der Waals surface area contributed by atoms with Gasteiger partial charge in [-0.1, -0.05) is 23.8 Å². The Bertz CT molecular complexity index is 490. The summed E-state index contributed by atoms with van der Waals surface area (Å²) in [6.45, 7) is 2.34. The summed E-state index contributed by atoms with van der Waals surface area (Å²) < 4.78 is 4.97. The van der Waals surface area contributed by atoms with Crippen LogP contribution in [0, 0.1) is 0 Å². The minimum atomic E-state index is -0.261. The van der Waals surface area contributed by atoms with Crippen molar-refractivity contribution in [1.29, 1.82) is 0 Å². The molecule has 0 aromatic heterocycles. The Hall–Kier alpha value is -1.13. The summed E-state index contributed by atoms with van der Waals surface area (Å²) in [4.78, 5) is 14.2. The van der Waals surface area contributed by atoms with Crippen molar-refractivity contribution < 1.29 is 9.53 Å². The van der Waals surface area contributed by atoms with Crippen LogP contribution in [0.15, 0.2) is 18.2 Å². The van der Waals surface area contributed by atoms with Crippen LogP contribution >= 0.6 is 23.8 Å². The van der Waals surface area contributed by atoms with Gasteiger partial charge in [0.2, 0.25) is 0 Å². The summed E-state index contributed by atoms with van der Waals surface area (Å²) in [5.74, 6) is -0.261. The van der Waals surface area contributed by atoms with Crippen molar-refractivity contribution in [2.45, 2.75) is 19.8 Å². The monoisotopic (exact) mass is 283 g/mol. The molecule has 18 heavy (non-hydrogen) atoms. The zero-order valence-corrected chi connectivity index (χ0v) is 11.7. The average molecular weight is 284 g/mol. The van der Waals surface area contributed by atoms with Gasteiger partial charge in [-0.3, -0.25) is 4.79 Å². The van der Waals surface area contributed by atoms with E-state index in [1.54, 1.807) is 6.92 Å². The molecule has 0 unspecified atom stereocenters. The fraction of sp³-hybridized carbons (Fsp3) is 0.385. The van der Waals surface area contributed by atoms with Crippen LogP contribution in [0.25, 0.3) is 0 Å². The van der Waals surface area contributed by atoms with Crippen LogP contribution in [-0.2, 0) is 16.0 Å². The summed E-state index contributed by atoms with van der Waals surface area (Å²) in [6, 6.07) is 5.64. The number of ether oxygens (including phenoxy) is 1. The number of carbonyl (C=O) groups excluding carboxylic acids is 1. The number of rotatable bonds is 3. The van der Waals surface area contributed by atoms with E-state index in [2.05, 4.69) is 0 Å². The summed E-state index contributed by atoms with van der Waals surface area (Å²) in [7, 11) is 0. The topological polar surface area (TPSA) is 29.5 Å². The second-order valence-electron chi connectivity index (χ2n) is 4.06. The number of carbonyl (C=O) groups is 1. The predicted octanol–water partition coefficient (Wildman–Crippen LogP) is 2.98. The molecule has 0 radical (unpaired) electrons.